The van der Waals surface area contributed by atoms with Crippen LogP contribution in [0.25, 0.3) is 5.76 Å². The second kappa shape index (κ2) is 9.17. The summed E-state index contributed by atoms with van der Waals surface area (Å²) in [6.45, 7) is 5.82. The third-order valence-electron chi connectivity index (χ3n) is 6.09. The van der Waals surface area contributed by atoms with Gasteiger partial charge in [0, 0.05) is 5.56 Å². The normalized spacial score (nSPS) is 17.6. The molecular weight excluding hydrogens is 437 g/mol. The van der Waals surface area contributed by atoms with Gasteiger partial charge >= 0.3 is 0 Å². The number of aryl methyl sites for hydroxylation is 1. The number of carbonyl (C=O) groups excluding carboxylic acids is 2. The Bertz CT molecular complexity index is 1260. The Morgan fingerprint density at radius 1 is 1.18 bits per heavy atom. The Balaban J connectivity index is 1.92. The summed E-state index contributed by atoms with van der Waals surface area (Å²) in [7, 11) is 1.58. The summed E-state index contributed by atoms with van der Waals surface area (Å²) >= 11 is 0. The Hall–Kier alpha value is -3.87. The van der Waals surface area contributed by atoms with E-state index in [1.54, 1.807) is 38.3 Å². The fraction of sp³-hybridized carbons (Fsp3) is 0.259. The summed E-state index contributed by atoms with van der Waals surface area (Å²) in [4.78, 5) is 27.6. The van der Waals surface area contributed by atoms with Crippen LogP contribution in [0.1, 0.15) is 53.8 Å². The Kier molecular flexibility index (Phi) is 6.28. The maximum Gasteiger partial charge on any atom is 0.296 e. The molecule has 1 aliphatic heterocycles. The van der Waals surface area contributed by atoms with Crippen molar-refractivity contribution in [2.45, 2.75) is 39.3 Å². The molecule has 1 N–H and O–H groups in total. The molecule has 0 spiro atoms. The number of ether oxygens (including phenoxy) is 1. The Morgan fingerprint density at radius 3 is 2.47 bits per heavy atom. The largest absolute Gasteiger partial charge is 0.507 e. The fourth-order valence-electron chi connectivity index (χ4n) is 4.33. The van der Waals surface area contributed by atoms with Crippen molar-refractivity contribution in [3.63, 3.8) is 0 Å². The molecule has 0 radical (unpaired) electrons. The molecular formula is C27H26FNO5. The number of rotatable bonds is 6. The topological polar surface area (TPSA) is 80.0 Å². The van der Waals surface area contributed by atoms with E-state index in [9.17, 15) is 19.1 Å². The van der Waals surface area contributed by atoms with Crippen LogP contribution in [-0.4, -0.2) is 28.8 Å². The van der Waals surface area contributed by atoms with Gasteiger partial charge < -0.3 is 19.2 Å². The fourth-order valence-corrected chi connectivity index (χ4v) is 4.33. The zero-order valence-electron chi connectivity index (χ0n) is 19.5. The van der Waals surface area contributed by atoms with Crippen LogP contribution in [0.4, 0.5) is 4.39 Å². The van der Waals surface area contributed by atoms with Crippen molar-refractivity contribution in [3.05, 3.63) is 94.2 Å². The molecule has 1 aromatic heterocycles. The first-order valence-corrected chi connectivity index (χ1v) is 11.0. The lowest BCUT2D eigenvalue weighted by molar-refractivity contribution is -0.140. The molecule has 3 aromatic rings. The van der Waals surface area contributed by atoms with Gasteiger partial charge in [-0.1, -0.05) is 26.0 Å². The number of aliphatic hydroxyl groups excluding tert-OH is 1. The smallest absolute Gasteiger partial charge is 0.296 e. The molecule has 0 aliphatic carbocycles. The zero-order chi connectivity index (χ0) is 24.6. The summed E-state index contributed by atoms with van der Waals surface area (Å²) in [6.07, 6.45) is 1.48. The number of halogens is 1. The highest BCUT2D eigenvalue weighted by molar-refractivity contribution is 6.46. The summed E-state index contributed by atoms with van der Waals surface area (Å²) in [5.41, 5.74) is 2.44. The molecule has 4 rings (SSSR count). The van der Waals surface area contributed by atoms with Crippen molar-refractivity contribution in [2.75, 3.05) is 7.11 Å². The first-order chi connectivity index (χ1) is 16.2. The lowest BCUT2D eigenvalue weighted by Gasteiger charge is -2.25. The number of benzene rings is 2. The highest BCUT2D eigenvalue weighted by atomic mass is 19.1. The Labute approximate surface area is 197 Å². The van der Waals surface area contributed by atoms with Gasteiger partial charge in [-0.15, -0.1) is 0 Å². The van der Waals surface area contributed by atoms with Crippen molar-refractivity contribution in [3.8, 4) is 5.75 Å². The lowest BCUT2D eigenvalue weighted by atomic mass is 9.91. The predicted molar refractivity (Wildman–Crippen MR) is 125 cm³/mol. The van der Waals surface area contributed by atoms with Gasteiger partial charge in [0.15, 0.2) is 0 Å². The van der Waals surface area contributed by atoms with E-state index in [0.717, 1.165) is 5.56 Å². The number of ketones is 1. The number of Topliss-reactive ketones (excluding diaryl/α,β-unsaturated/α-hetero) is 1. The molecule has 1 saturated heterocycles. The molecule has 0 saturated carbocycles. The maximum atomic E-state index is 13.7. The number of hydrogen-bond acceptors (Lipinski definition) is 5. The number of methoxy groups -OCH3 is 1. The van der Waals surface area contributed by atoms with Crippen LogP contribution in [-0.2, 0) is 16.1 Å². The highest BCUT2D eigenvalue weighted by Crippen LogP contribution is 2.42. The number of furan rings is 1. The van der Waals surface area contributed by atoms with E-state index in [1.165, 1.54) is 35.4 Å². The van der Waals surface area contributed by atoms with Crippen LogP contribution in [0.3, 0.4) is 0 Å². The van der Waals surface area contributed by atoms with E-state index in [-0.39, 0.29) is 23.8 Å². The number of aliphatic hydroxyl groups is 1. The number of likely N-dealkylation sites (tertiary alicyclic amines) is 1. The average Bonchev–Trinajstić information content (AvgIpc) is 3.41. The summed E-state index contributed by atoms with van der Waals surface area (Å²) in [5.74, 6) is -1.04. The minimum Gasteiger partial charge on any atom is -0.507 e. The molecule has 1 unspecified atom stereocenters. The third kappa shape index (κ3) is 4.09. The predicted octanol–water partition coefficient (Wildman–Crippen LogP) is 5.48. The molecule has 0 bridgehead atoms. The van der Waals surface area contributed by atoms with Gasteiger partial charge in [-0.3, -0.25) is 9.59 Å². The third-order valence-corrected chi connectivity index (χ3v) is 6.09. The first-order valence-electron chi connectivity index (χ1n) is 11.0. The van der Waals surface area contributed by atoms with Gasteiger partial charge in [-0.25, -0.2) is 4.39 Å². The SMILES string of the molecule is COc1cc(C)c(/C(O)=C2\C(=O)C(=O)N(Cc3ccco3)C2c2ccc(F)cc2)cc1C(C)C. The number of hydrogen-bond donors (Lipinski definition) is 1. The van der Waals surface area contributed by atoms with Crippen molar-refractivity contribution in [1.29, 1.82) is 0 Å². The summed E-state index contributed by atoms with van der Waals surface area (Å²) in [5, 5.41) is 11.4. The van der Waals surface area contributed by atoms with Gasteiger partial charge in [0.1, 0.15) is 23.1 Å². The van der Waals surface area contributed by atoms with E-state index in [0.29, 0.717) is 28.2 Å². The van der Waals surface area contributed by atoms with Gasteiger partial charge in [0.2, 0.25) is 0 Å². The number of amides is 1. The minimum absolute atomic E-state index is 0.0231. The minimum atomic E-state index is -0.908. The van der Waals surface area contributed by atoms with Crippen LogP contribution in [0.15, 0.2) is 64.8 Å². The molecule has 2 heterocycles. The molecule has 1 atom stereocenters. The van der Waals surface area contributed by atoms with E-state index in [2.05, 4.69) is 0 Å². The van der Waals surface area contributed by atoms with Crippen LogP contribution < -0.4 is 4.74 Å². The van der Waals surface area contributed by atoms with Crippen molar-refractivity contribution in [2.24, 2.45) is 0 Å². The van der Waals surface area contributed by atoms with Gasteiger partial charge in [-0.05, 0) is 65.9 Å². The van der Waals surface area contributed by atoms with Crippen molar-refractivity contribution in [1.82, 2.24) is 4.90 Å². The average molecular weight is 464 g/mol. The maximum absolute atomic E-state index is 13.7. The van der Waals surface area contributed by atoms with E-state index >= 15 is 0 Å². The van der Waals surface area contributed by atoms with Crippen molar-refractivity contribution >= 4 is 17.4 Å². The molecule has 176 valence electrons. The van der Waals surface area contributed by atoms with Gasteiger partial charge in [0.25, 0.3) is 11.7 Å². The molecule has 1 fully saturated rings. The summed E-state index contributed by atoms with van der Waals surface area (Å²) < 4.78 is 24.5. The van der Waals surface area contributed by atoms with Crippen LogP contribution in [0, 0.1) is 12.7 Å². The van der Waals surface area contributed by atoms with E-state index in [4.69, 9.17) is 9.15 Å². The number of carbonyl (C=O) groups is 2. The van der Waals surface area contributed by atoms with Crippen molar-refractivity contribution < 1.29 is 28.2 Å². The Morgan fingerprint density at radius 2 is 1.88 bits per heavy atom. The second-order valence-electron chi connectivity index (χ2n) is 8.62. The molecule has 6 nitrogen and oxygen atoms in total. The van der Waals surface area contributed by atoms with E-state index < -0.39 is 23.5 Å². The zero-order valence-corrected chi connectivity index (χ0v) is 19.5. The van der Waals surface area contributed by atoms with E-state index in [1.807, 2.05) is 13.8 Å². The molecule has 7 heteroatoms. The highest BCUT2D eigenvalue weighted by Gasteiger charge is 2.46. The number of nitrogens with zero attached hydrogens (tertiary/aromatic N) is 1. The quantitative estimate of drug-likeness (QED) is 0.297. The van der Waals surface area contributed by atoms with Gasteiger partial charge in [-0.2, -0.15) is 0 Å². The lowest BCUT2D eigenvalue weighted by Crippen LogP contribution is -2.29. The standard InChI is InChI=1S/C27H26FNO5/c1-15(2)20-13-21(16(3)12-22(20)33-4)25(30)23-24(17-7-9-18(28)10-8-17)29(27(32)26(23)31)14-19-6-5-11-34-19/h5-13,15,24,30H,14H2,1-4H3/b25-23+. The van der Waals surface area contributed by atoms with Crippen LogP contribution in [0.5, 0.6) is 5.75 Å². The van der Waals surface area contributed by atoms with Crippen LogP contribution in [0.2, 0.25) is 0 Å². The molecule has 2 aromatic carbocycles. The summed E-state index contributed by atoms with van der Waals surface area (Å²) in [6, 6.07) is 11.6. The monoisotopic (exact) mass is 463 g/mol. The van der Waals surface area contributed by atoms with Gasteiger partial charge in [0.05, 0.1) is 31.5 Å². The second-order valence-corrected chi connectivity index (χ2v) is 8.62. The first kappa shape index (κ1) is 23.3. The van der Waals surface area contributed by atoms with Crippen LogP contribution >= 0.6 is 0 Å². The molecule has 1 amide bonds. The molecule has 1 aliphatic rings. The molecule has 34 heavy (non-hydrogen) atoms.